The quantitative estimate of drug-likeness (QED) is 0.820. The van der Waals surface area contributed by atoms with Crippen molar-refractivity contribution in [1.82, 2.24) is 4.98 Å². The summed E-state index contributed by atoms with van der Waals surface area (Å²) in [5.74, 6) is 0.117. The summed E-state index contributed by atoms with van der Waals surface area (Å²) >= 11 is 0. The number of rotatable bonds is 1. The van der Waals surface area contributed by atoms with Gasteiger partial charge in [-0.05, 0) is 50.1 Å². The van der Waals surface area contributed by atoms with Gasteiger partial charge in [0.25, 0.3) is 0 Å². The van der Waals surface area contributed by atoms with Gasteiger partial charge in [0, 0.05) is 11.1 Å². The SMILES string of the molecule is COC(=O)c1cc2c(nc1C)-c1cc(C)c(C)cc1O[C@H]2O. The molecule has 2 heterocycles. The number of aromatic nitrogens is 1. The van der Waals surface area contributed by atoms with Gasteiger partial charge in [-0.3, -0.25) is 4.98 Å². The lowest BCUT2D eigenvalue weighted by molar-refractivity contribution is -0.0217. The van der Waals surface area contributed by atoms with Crippen molar-refractivity contribution in [1.29, 1.82) is 0 Å². The van der Waals surface area contributed by atoms with Crippen molar-refractivity contribution in [3.63, 3.8) is 0 Å². The van der Waals surface area contributed by atoms with Crippen LogP contribution in [0.4, 0.5) is 0 Å². The van der Waals surface area contributed by atoms with Crippen LogP contribution in [0.1, 0.15) is 39.0 Å². The normalized spacial score (nSPS) is 15.6. The Labute approximate surface area is 128 Å². The molecule has 1 aromatic carbocycles. The molecule has 0 radical (unpaired) electrons. The van der Waals surface area contributed by atoms with Crippen LogP contribution < -0.4 is 4.74 Å². The minimum atomic E-state index is -1.15. The zero-order valence-electron chi connectivity index (χ0n) is 12.9. The van der Waals surface area contributed by atoms with E-state index in [1.54, 1.807) is 13.0 Å². The van der Waals surface area contributed by atoms with E-state index in [0.717, 1.165) is 16.7 Å². The smallest absolute Gasteiger partial charge is 0.339 e. The van der Waals surface area contributed by atoms with Gasteiger partial charge in [0.1, 0.15) is 5.75 Å². The van der Waals surface area contributed by atoms with E-state index in [1.807, 2.05) is 26.0 Å². The monoisotopic (exact) mass is 299 g/mol. The fourth-order valence-corrected chi connectivity index (χ4v) is 2.60. The fourth-order valence-electron chi connectivity index (χ4n) is 2.60. The lowest BCUT2D eigenvalue weighted by Gasteiger charge is -2.26. The molecule has 0 aliphatic carbocycles. The van der Waals surface area contributed by atoms with Gasteiger partial charge in [0.2, 0.25) is 6.29 Å². The minimum absolute atomic E-state index is 0.330. The average molecular weight is 299 g/mol. The molecule has 1 aromatic heterocycles. The molecule has 2 aromatic rings. The molecule has 5 nitrogen and oxygen atoms in total. The van der Waals surface area contributed by atoms with Crippen LogP contribution in [-0.4, -0.2) is 23.2 Å². The first kappa shape index (κ1) is 14.5. The molecule has 1 atom stereocenters. The molecule has 0 spiro atoms. The van der Waals surface area contributed by atoms with E-state index in [4.69, 9.17) is 9.47 Å². The second-order valence-corrected chi connectivity index (χ2v) is 5.45. The molecular weight excluding hydrogens is 282 g/mol. The van der Waals surface area contributed by atoms with Gasteiger partial charge in [0.05, 0.1) is 24.1 Å². The summed E-state index contributed by atoms with van der Waals surface area (Å²) in [5.41, 5.74) is 5.02. The molecule has 0 unspecified atom stereocenters. The van der Waals surface area contributed by atoms with Crippen LogP contribution in [0.3, 0.4) is 0 Å². The highest BCUT2D eigenvalue weighted by Gasteiger charge is 2.28. The van der Waals surface area contributed by atoms with Gasteiger partial charge in [-0.25, -0.2) is 4.79 Å². The van der Waals surface area contributed by atoms with Crippen LogP contribution in [0.25, 0.3) is 11.3 Å². The number of benzene rings is 1. The van der Waals surface area contributed by atoms with E-state index < -0.39 is 12.3 Å². The first-order chi connectivity index (χ1) is 10.4. The van der Waals surface area contributed by atoms with Crippen molar-refractivity contribution in [2.45, 2.75) is 27.1 Å². The average Bonchev–Trinajstić information content (AvgIpc) is 2.48. The molecule has 0 amide bonds. The third-order valence-electron chi connectivity index (χ3n) is 4.00. The summed E-state index contributed by atoms with van der Waals surface area (Å²) in [7, 11) is 1.32. The first-order valence-corrected chi connectivity index (χ1v) is 6.98. The van der Waals surface area contributed by atoms with E-state index >= 15 is 0 Å². The number of methoxy groups -OCH3 is 1. The highest BCUT2D eigenvalue weighted by Crippen LogP contribution is 2.42. The lowest BCUT2D eigenvalue weighted by atomic mass is 9.95. The summed E-state index contributed by atoms with van der Waals surface area (Å²) in [5, 5.41) is 10.2. The highest BCUT2D eigenvalue weighted by molar-refractivity contribution is 5.91. The van der Waals surface area contributed by atoms with Crippen molar-refractivity contribution in [3.8, 4) is 17.0 Å². The molecule has 1 N–H and O–H groups in total. The second kappa shape index (κ2) is 5.10. The molecule has 114 valence electrons. The first-order valence-electron chi connectivity index (χ1n) is 6.98. The van der Waals surface area contributed by atoms with Crippen molar-refractivity contribution >= 4 is 5.97 Å². The van der Waals surface area contributed by atoms with Crippen LogP contribution in [-0.2, 0) is 4.74 Å². The highest BCUT2D eigenvalue weighted by atomic mass is 16.6. The summed E-state index contributed by atoms with van der Waals surface area (Å²) in [6, 6.07) is 5.47. The minimum Gasteiger partial charge on any atom is -0.465 e. The van der Waals surface area contributed by atoms with Gasteiger partial charge in [-0.2, -0.15) is 0 Å². The fraction of sp³-hybridized carbons (Fsp3) is 0.294. The number of aryl methyl sites for hydroxylation is 3. The summed E-state index contributed by atoms with van der Waals surface area (Å²) in [6.07, 6.45) is -1.15. The number of aliphatic hydroxyl groups is 1. The van der Waals surface area contributed by atoms with E-state index in [2.05, 4.69) is 4.98 Å². The molecule has 1 aliphatic heterocycles. The molecule has 0 bridgehead atoms. The van der Waals surface area contributed by atoms with Gasteiger partial charge in [0.15, 0.2) is 0 Å². The third kappa shape index (κ3) is 2.14. The molecule has 3 rings (SSSR count). The molecule has 22 heavy (non-hydrogen) atoms. The Bertz CT molecular complexity index is 783. The Morgan fingerprint density at radius 2 is 1.91 bits per heavy atom. The molecule has 1 aliphatic rings. The Hall–Kier alpha value is -2.40. The predicted molar refractivity (Wildman–Crippen MR) is 80.8 cm³/mol. The van der Waals surface area contributed by atoms with Gasteiger partial charge < -0.3 is 14.6 Å². The number of carbonyl (C=O) groups excluding carboxylic acids is 1. The summed E-state index contributed by atoms with van der Waals surface area (Å²) < 4.78 is 10.3. The number of esters is 1. The van der Waals surface area contributed by atoms with E-state index in [1.165, 1.54) is 7.11 Å². The number of fused-ring (bicyclic) bond motifs is 3. The molecule has 0 saturated carbocycles. The molecular formula is C17H17NO4. The summed E-state index contributed by atoms with van der Waals surface area (Å²) in [6.45, 7) is 5.74. The number of hydrogen-bond acceptors (Lipinski definition) is 5. The molecule has 0 saturated heterocycles. The number of carbonyl (C=O) groups is 1. The zero-order chi connectivity index (χ0) is 16.0. The molecule has 5 heteroatoms. The van der Waals surface area contributed by atoms with Crippen LogP contribution in [0.2, 0.25) is 0 Å². The van der Waals surface area contributed by atoms with Crippen molar-refractivity contribution in [2.75, 3.05) is 7.11 Å². The van der Waals surface area contributed by atoms with Crippen LogP contribution in [0, 0.1) is 20.8 Å². The van der Waals surface area contributed by atoms with Gasteiger partial charge in [-0.1, -0.05) is 0 Å². The van der Waals surface area contributed by atoms with E-state index in [-0.39, 0.29) is 0 Å². The van der Waals surface area contributed by atoms with E-state index in [0.29, 0.717) is 28.3 Å². The maximum Gasteiger partial charge on any atom is 0.339 e. The summed E-state index contributed by atoms with van der Waals surface area (Å²) in [4.78, 5) is 16.3. The number of hydrogen-bond donors (Lipinski definition) is 1. The Morgan fingerprint density at radius 3 is 2.59 bits per heavy atom. The van der Waals surface area contributed by atoms with E-state index in [9.17, 15) is 9.90 Å². The zero-order valence-corrected chi connectivity index (χ0v) is 12.9. The van der Waals surface area contributed by atoms with Crippen molar-refractivity contribution in [2.24, 2.45) is 0 Å². The standard InChI is InChI=1S/C17H17NO4/c1-8-5-12-14(6-9(8)2)22-17(20)13-7-11(16(19)21-4)10(3)18-15(12)13/h5-7,17,20H,1-4H3/t17-/m1/s1. The Balaban J connectivity index is 2.25. The van der Waals surface area contributed by atoms with Crippen molar-refractivity contribution in [3.05, 3.63) is 46.1 Å². The topological polar surface area (TPSA) is 68.7 Å². The largest absolute Gasteiger partial charge is 0.465 e. The van der Waals surface area contributed by atoms with Crippen LogP contribution >= 0.6 is 0 Å². The van der Waals surface area contributed by atoms with Crippen LogP contribution in [0.15, 0.2) is 18.2 Å². The predicted octanol–water partition coefficient (Wildman–Crippen LogP) is 2.84. The molecule has 0 fully saturated rings. The third-order valence-corrected chi connectivity index (χ3v) is 4.00. The van der Waals surface area contributed by atoms with Gasteiger partial charge in [-0.15, -0.1) is 0 Å². The Kier molecular flexibility index (Phi) is 3.37. The number of ether oxygens (including phenoxy) is 2. The Morgan fingerprint density at radius 1 is 1.23 bits per heavy atom. The van der Waals surface area contributed by atoms with Crippen LogP contribution in [0.5, 0.6) is 5.75 Å². The second-order valence-electron chi connectivity index (χ2n) is 5.45. The lowest BCUT2D eigenvalue weighted by Crippen LogP contribution is -2.17. The maximum atomic E-state index is 11.8. The number of pyridine rings is 1. The van der Waals surface area contributed by atoms with Crippen molar-refractivity contribution < 1.29 is 19.4 Å². The number of nitrogens with zero attached hydrogens (tertiary/aromatic N) is 1. The number of aliphatic hydroxyl groups excluding tert-OH is 1. The van der Waals surface area contributed by atoms with Gasteiger partial charge >= 0.3 is 5.97 Å². The maximum absolute atomic E-state index is 11.8.